The fourth-order valence-corrected chi connectivity index (χ4v) is 1.58. The first kappa shape index (κ1) is 19.0. The molecule has 0 saturated carbocycles. The normalized spacial score (nSPS) is 11.2. The Morgan fingerprint density at radius 3 is 2.26 bits per heavy atom. The van der Waals surface area contributed by atoms with E-state index < -0.39 is 0 Å². The van der Waals surface area contributed by atoms with Gasteiger partial charge in [0.05, 0.1) is 33.0 Å². The second kappa shape index (κ2) is 18.0. The van der Waals surface area contributed by atoms with Gasteiger partial charge in [0.15, 0.2) is 0 Å². The largest absolute Gasteiger partial charge is 0.379 e. The molecule has 0 fully saturated rings. The lowest BCUT2D eigenvalue weighted by molar-refractivity contribution is 0.0173. The van der Waals surface area contributed by atoms with Crippen LogP contribution in [0.3, 0.4) is 0 Å². The van der Waals surface area contributed by atoms with Crippen molar-refractivity contribution in [3.63, 3.8) is 0 Å². The third-order valence-corrected chi connectivity index (χ3v) is 2.73. The molecule has 0 N–H and O–H groups in total. The van der Waals surface area contributed by atoms with Gasteiger partial charge in [0.25, 0.3) is 0 Å². The SMILES string of the molecule is C=CSCC=NCCCOCCOCCOCCS. The van der Waals surface area contributed by atoms with Gasteiger partial charge in [-0.2, -0.15) is 12.6 Å². The van der Waals surface area contributed by atoms with E-state index in [1.54, 1.807) is 11.8 Å². The average Bonchev–Trinajstić information content (AvgIpc) is 2.43. The second-order valence-electron chi connectivity index (χ2n) is 3.50. The van der Waals surface area contributed by atoms with E-state index in [9.17, 15) is 0 Å². The van der Waals surface area contributed by atoms with E-state index in [1.807, 2.05) is 11.6 Å². The number of hydrogen-bond donors (Lipinski definition) is 1. The number of ether oxygens (including phenoxy) is 3. The van der Waals surface area contributed by atoms with Crippen molar-refractivity contribution < 1.29 is 14.2 Å². The van der Waals surface area contributed by atoms with Crippen LogP contribution in [0.4, 0.5) is 0 Å². The highest BCUT2D eigenvalue weighted by molar-refractivity contribution is 8.02. The molecule has 4 nitrogen and oxygen atoms in total. The molecule has 0 aliphatic heterocycles. The number of rotatable bonds is 15. The quantitative estimate of drug-likeness (QED) is 0.286. The Bertz CT molecular complexity index is 216. The first-order chi connectivity index (χ1) is 9.41. The van der Waals surface area contributed by atoms with E-state index in [0.29, 0.717) is 33.0 Å². The summed E-state index contributed by atoms with van der Waals surface area (Å²) in [4.78, 5) is 4.26. The summed E-state index contributed by atoms with van der Waals surface area (Å²) in [6.45, 7) is 8.32. The lowest BCUT2D eigenvalue weighted by atomic mass is 10.4. The molecule has 6 heteroatoms. The van der Waals surface area contributed by atoms with Crippen LogP contribution in [0.5, 0.6) is 0 Å². The predicted octanol–water partition coefficient (Wildman–Crippen LogP) is 2.30. The Morgan fingerprint density at radius 1 is 1.00 bits per heavy atom. The van der Waals surface area contributed by atoms with Crippen LogP contribution in [0.2, 0.25) is 0 Å². The summed E-state index contributed by atoms with van der Waals surface area (Å²) >= 11 is 5.69. The molecule has 0 aliphatic carbocycles. The molecule has 0 unspecified atom stereocenters. The van der Waals surface area contributed by atoms with Crippen molar-refractivity contribution in [1.82, 2.24) is 0 Å². The molecule has 0 rings (SSSR count). The maximum atomic E-state index is 5.42. The third-order valence-electron chi connectivity index (χ3n) is 1.97. The van der Waals surface area contributed by atoms with Crippen LogP contribution in [-0.4, -0.2) is 63.9 Å². The van der Waals surface area contributed by atoms with Gasteiger partial charge in [-0.05, 0) is 11.8 Å². The Morgan fingerprint density at radius 2 is 1.63 bits per heavy atom. The van der Waals surface area contributed by atoms with Crippen LogP contribution in [0.15, 0.2) is 17.0 Å². The van der Waals surface area contributed by atoms with Crippen molar-refractivity contribution in [2.24, 2.45) is 4.99 Å². The van der Waals surface area contributed by atoms with E-state index in [4.69, 9.17) is 14.2 Å². The topological polar surface area (TPSA) is 40.0 Å². The summed E-state index contributed by atoms with van der Waals surface area (Å²) in [5.74, 6) is 1.64. The molecular weight excluding hydrogens is 282 g/mol. The molecule has 0 saturated heterocycles. The number of aliphatic imine (C=N–C) groups is 1. The standard InChI is InChI=1S/C13H25NO3S2/c1-2-19-13-5-14-4-3-6-15-7-8-16-9-10-17-11-12-18/h2,5,18H,1,3-4,6-13H2. The zero-order valence-electron chi connectivity index (χ0n) is 11.5. The van der Waals surface area contributed by atoms with Crippen molar-refractivity contribution in [3.8, 4) is 0 Å². The van der Waals surface area contributed by atoms with Crippen molar-refractivity contribution in [1.29, 1.82) is 0 Å². The molecule has 112 valence electrons. The molecule has 0 atom stereocenters. The second-order valence-corrected chi connectivity index (χ2v) is 4.95. The highest BCUT2D eigenvalue weighted by Crippen LogP contribution is 1.95. The van der Waals surface area contributed by atoms with E-state index >= 15 is 0 Å². The highest BCUT2D eigenvalue weighted by atomic mass is 32.2. The average molecular weight is 307 g/mol. The van der Waals surface area contributed by atoms with Gasteiger partial charge in [-0.25, -0.2) is 0 Å². The summed E-state index contributed by atoms with van der Waals surface area (Å²) in [5, 5.41) is 1.82. The highest BCUT2D eigenvalue weighted by Gasteiger charge is 1.91. The van der Waals surface area contributed by atoms with Gasteiger partial charge < -0.3 is 14.2 Å². The monoisotopic (exact) mass is 307 g/mol. The minimum absolute atomic E-state index is 0.613. The lowest BCUT2D eigenvalue weighted by Crippen LogP contribution is -2.10. The summed E-state index contributed by atoms with van der Waals surface area (Å²) in [6.07, 6.45) is 2.86. The Balaban J connectivity index is 2.98. The number of hydrogen-bond acceptors (Lipinski definition) is 6. The molecule has 0 aromatic rings. The molecule has 0 aromatic heterocycles. The van der Waals surface area contributed by atoms with Crippen molar-refractivity contribution in [3.05, 3.63) is 12.0 Å². The molecule has 19 heavy (non-hydrogen) atoms. The fourth-order valence-electron chi connectivity index (χ4n) is 1.12. The van der Waals surface area contributed by atoms with E-state index in [0.717, 1.165) is 31.1 Å². The first-order valence-corrected chi connectivity index (χ1v) is 8.14. The maximum Gasteiger partial charge on any atom is 0.0701 e. The molecule has 0 spiro atoms. The van der Waals surface area contributed by atoms with Crippen molar-refractivity contribution in [2.75, 3.05) is 57.7 Å². The van der Waals surface area contributed by atoms with Gasteiger partial charge in [0, 0.05) is 30.9 Å². The van der Waals surface area contributed by atoms with Gasteiger partial charge in [-0.15, -0.1) is 11.8 Å². The van der Waals surface area contributed by atoms with Crippen LogP contribution in [0.25, 0.3) is 0 Å². The molecule has 0 amide bonds. The van der Waals surface area contributed by atoms with Crippen molar-refractivity contribution in [2.45, 2.75) is 6.42 Å². The first-order valence-electron chi connectivity index (χ1n) is 6.46. The van der Waals surface area contributed by atoms with Crippen molar-refractivity contribution >= 4 is 30.6 Å². The summed E-state index contributed by atoms with van der Waals surface area (Å²) in [6, 6.07) is 0. The Hall–Kier alpha value is -0.0100. The summed E-state index contributed by atoms with van der Waals surface area (Å²) in [5.41, 5.74) is 0. The summed E-state index contributed by atoms with van der Waals surface area (Å²) in [7, 11) is 0. The maximum absolute atomic E-state index is 5.42. The zero-order chi connectivity index (χ0) is 14.0. The van der Waals surface area contributed by atoms with Crippen LogP contribution >= 0.6 is 24.4 Å². The molecule has 0 bridgehead atoms. The van der Waals surface area contributed by atoms with E-state index in [1.165, 1.54) is 0 Å². The Labute approximate surface area is 126 Å². The molecule has 0 heterocycles. The van der Waals surface area contributed by atoms with Gasteiger partial charge in [0.2, 0.25) is 0 Å². The van der Waals surface area contributed by atoms with Gasteiger partial charge in [-0.1, -0.05) is 6.58 Å². The van der Waals surface area contributed by atoms with E-state index in [-0.39, 0.29) is 0 Å². The molecule has 0 radical (unpaired) electrons. The van der Waals surface area contributed by atoms with Crippen LogP contribution in [0.1, 0.15) is 6.42 Å². The number of nitrogens with zero attached hydrogens (tertiary/aromatic N) is 1. The third kappa shape index (κ3) is 18.0. The van der Waals surface area contributed by atoms with Gasteiger partial charge >= 0.3 is 0 Å². The van der Waals surface area contributed by atoms with Crippen LogP contribution in [0, 0.1) is 0 Å². The van der Waals surface area contributed by atoms with E-state index in [2.05, 4.69) is 24.2 Å². The number of thioether (sulfide) groups is 1. The van der Waals surface area contributed by atoms with Gasteiger partial charge in [-0.3, -0.25) is 4.99 Å². The zero-order valence-corrected chi connectivity index (χ0v) is 13.2. The predicted molar refractivity (Wildman–Crippen MR) is 86.9 cm³/mol. The minimum Gasteiger partial charge on any atom is -0.379 e. The minimum atomic E-state index is 0.613. The fraction of sp³-hybridized carbons (Fsp3) is 0.769. The lowest BCUT2D eigenvalue weighted by Gasteiger charge is -2.05. The van der Waals surface area contributed by atoms with Gasteiger partial charge in [0.1, 0.15) is 0 Å². The molecule has 0 aromatic carbocycles. The summed E-state index contributed by atoms with van der Waals surface area (Å²) < 4.78 is 16.0. The Kier molecular flexibility index (Phi) is 18.0. The molecular formula is C13H25NO3S2. The smallest absolute Gasteiger partial charge is 0.0701 e. The molecule has 0 aliphatic rings. The van der Waals surface area contributed by atoms with Crippen LogP contribution < -0.4 is 0 Å². The van der Waals surface area contributed by atoms with Crippen LogP contribution in [-0.2, 0) is 14.2 Å². The number of thiol groups is 1.